The van der Waals surface area contributed by atoms with E-state index in [4.69, 9.17) is 10.2 Å². The highest BCUT2D eigenvalue weighted by Crippen LogP contribution is 2.19. The number of oxazole rings is 1. The van der Waals surface area contributed by atoms with Crippen molar-refractivity contribution in [2.75, 3.05) is 6.54 Å². The van der Waals surface area contributed by atoms with Gasteiger partial charge in [0.1, 0.15) is 5.52 Å². The van der Waals surface area contributed by atoms with Gasteiger partial charge in [0.15, 0.2) is 11.5 Å². The zero-order chi connectivity index (χ0) is 9.26. The zero-order valence-electron chi connectivity index (χ0n) is 7.53. The van der Waals surface area contributed by atoms with E-state index in [9.17, 15) is 0 Å². The van der Waals surface area contributed by atoms with Gasteiger partial charge in [-0.3, -0.25) is 0 Å². The maximum absolute atomic E-state index is 5.53. The van der Waals surface area contributed by atoms with Gasteiger partial charge in [-0.2, -0.15) is 0 Å². The molecule has 1 aromatic heterocycles. The quantitative estimate of drug-likeness (QED) is 0.760. The number of hydrogen-bond donors (Lipinski definition) is 1. The molecule has 0 bridgehead atoms. The van der Waals surface area contributed by atoms with E-state index >= 15 is 0 Å². The molecule has 3 heteroatoms. The van der Waals surface area contributed by atoms with Crippen molar-refractivity contribution in [3.05, 3.63) is 30.2 Å². The molecule has 3 nitrogen and oxygen atoms in total. The Labute approximate surface area is 76.6 Å². The number of para-hydroxylation sites is 2. The van der Waals surface area contributed by atoms with Crippen LogP contribution in [0.5, 0.6) is 0 Å². The van der Waals surface area contributed by atoms with Crippen LogP contribution in [0.15, 0.2) is 28.7 Å². The van der Waals surface area contributed by atoms with Gasteiger partial charge in [-0.25, -0.2) is 4.98 Å². The predicted octanol–water partition coefficient (Wildman–Crippen LogP) is 1.89. The van der Waals surface area contributed by atoms with Crippen LogP contribution in [-0.2, 0) is 0 Å². The highest BCUT2D eigenvalue weighted by Gasteiger charge is 2.10. The molecule has 0 aliphatic heterocycles. The average molecular weight is 176 g/mol. The van der Waals surface area contributed by atoms with E-state index in [0.717, 1.165) is 17.0 Å². The lowest BCUT2D eigenvalue weighted by Crippen LogP contribution is -2.08. The Balaban J connectivity index is 2.49. The van der Waals surface area contributed by atoms with Crippen molar-refractivity contribution in [1.82, 2.24) is 4.98 Å². The molecule has 0 spiro atoms. The van der Waals surface area contributed by atoms with Gasteiger partial charge in [-0.15, -0.1) is 0 Å². The number of nitrogens with zero attached hydrogens (tertiary/aromatic N) is 1. The monoisotopic (exact) mass is 176 g/mol. The van der Waals surface area contributed by atoms with Gasteiger partial charge in [0, 0.05) is 12.5 Å². The van der Waals surface area contributed by atoms with E-state index in [1.54, 1.807) is 0 Å². The van der Waals surface area contributed by atoms with Crippen LogP contribution in [-0.4, -0.2) is 11.5 Å². The molecule has 0 saturated carbocycles. The number of aromatic nitrogens is 1. The summed E-state index contributed by atoms with van der Waals surface area (Å²) in [6, 6.07) is 7.73. The molecule has 1 unspecified atom stereocenters. The Morgan fingerprint density at radius 2 is 2.23 bits per heavy atom. The Bertz CT molecular complexity index is 375. The van der Waals surface area contributed by atoms with Crippen molar-refractivity contribution in [2.24, 2.45) is 5.73 Å². The Morgan fingerprint density at radius 1 is 1.46 bits per heavy atom. The molecule has 2 N–H and O–H groups in total. The van der Waals surface area contributed by atoms with E-state index in [1.165, 1.54) is 0 Å². The summed E-state index contributed by atoms with van der Waals surface area (Å²) in [7, 11) is 0. The van der Waals surface area contributed by atoms with Crippen LogP contribution < -0.4 is 5.73 Å². The maximum Gasteiger partial charge on any atom is 0.199 e. The molecular formula is C10H12N2O. The smallest absolute Gasteiger partial charge is 0.199 e. The lowest BCUT2D eigenvalue weighted by atomic mass is 10.2. The summed E-state index contributed by atoms with van der Waals surface area (Å²) >= 11 is 0. The Morgan fingerprint density at radius 3 is 2.92 bits per heavy atom. The first kappa shape index (κ1) is 8.26. The van der Waals surface area contributed by atoms with Crippen LogP contribution in [0.4, 0.5) is 0 Å². The van der Waals surface area contributed by atoms with Gasteiger partial charge in [0.2, 0.25) is 0 Å². The van der Waals surface area contributed by atoms with Gasteiger partial charge in [0.25, 0.3) is 0 Å². The summed E-state index contributed by atoms with van der Waals surface area (Å²) in [6.07, 6.45) is 0. The van der Waals surface area contributed by atoms with Crippen molar-refractivity contribution >= 4 is 11.1 Å². The minimum Gasteiger partial charge on any atom is -0.440 e. The second-order valence-electron chi connectivity index (χ2n) is 3.16. The van der Waals surface area contributed by atoms with Crippen LogP contribution in [0.3, 0.4) is 0 Å². The van der Waals surface area contributed by atoms with Gasteiger partial charge in [-0.1, -0.05) is 19.1 Å². The zero-order valence-corrected chi connectivity index (χ0v) is 7.53. The minimum atomic E-state index is 0.187. The van der Waals surface area contributed by atoms with Crippen LogP contribution in [0.1, 0.15) is 18.7 Å². The van der Waals surface area contributed by atoms with Crippen molar-refractivity contribution in [3.8, 4) is 0 Å². The number of nitrogens with two attached hydrogens (primary N) is 1. The van der Waals surface area contributed by atoms with Crippen molar-refractivity contribution in [1.29, 1.82) is 0 Å². The fourth-order valence-corrected chi connectivity index (χ4v) is 1.20. The van der Waals surface area contributed by atoms with Crippen LogP contribution >= 0.6 is 0 Å². The van der Waals surface area contributed by atoms with Crippen LogP contribution in [0, 0.1) is 0 Å². The third-order valence-corrected chi connectivity index (χ3v) is 2.09. The van der Waals surface area contributed by atoms with Crippen molar-refractivity contribution in [2.45, 2.75) is 12.8 Å². The summed E-state index contributed by atoms with van der Waals surface area (Å²) in [5.41, 5.74) is 7.26. The van der Waals surface area contributed by atoms with E-state index in [2.05, 4.69) is 4.98 Å². The van der Waals surface area contributed by atoms with Crippen molar-refractivity contribution in [3.63, 3.8) is 0 Å². The van der Waals surface area contributed by atoms with E-state index < -0.39 is 0 Å². The van der Waals surface area contributed by atoms with Gasteiger partial charge < -0.3 is 10.2 Å². The van der Waals surface area contributed by atoms with Gasteiger partial charge >= 0.3 is 0 Å². The molecule has 68 valence electrons. The SMILES string of the molecule is CC(CN)c1nc2ccccc2o1. The topological polar surface area (TPSA) is 52.0 Å². The second kappa shape index (κ2) is 3.18. The average Bonchev–Trinajstić information content (AvgIpc) is 2.59. The Hall–Kier alpha value is -1.35. The molecular weight excluding hydrogens is 164 g/mol. The van der Waals surface area contributed by atoms with Crippen molar-refractivity contribution < 1.29 is 4.42 Å². The number of benzene rings is 1. The Kier molecular flexibility index (Phi) is 2.02. The first-order valence-electron chi connectivity index (χ1n) is 4.37. The molecule has 13 heavy (non-hydrogen) atoms. The second-order valence-corrected chi connectivity index (χ2v) is 3.16. The highest BCUT2D eigenvalue weighted by atomic mass is 16.3. The number of fused-ring (bicyclic) bond motifs is 1. The number of rotatable bonds is 2. The first-order valence-corrected chi connectivity index (χ1v) is 4.37. The minimum absolute atomic E-state index is 0.187. The molecule has 0 saturated heterocycles. The van der Waals surface area contributed by atoms with Crippen LogP contribution in [0.2, 0.25) is 0 Å². The van der Waals surface area contributed by atoms with Gasteiger partial charge in [0.05, 0.1) is 0 Å². The summed E-state index contributed by atoms with van der Waals surface area (Å²) < 4.78 is 5.53. The molecule has 1 aromatic carbocycles. The fraction of sp³-hybridized carbons (Fsp3) is 0.300. The first-order chi connectivity index (χ1) is 6.31. The third-order valence-electron chi connectivity index (χ3n) is 2.09. The normalized spacial score (nSPS) is 13.4. The molecule has 0 aliphatic rings. The van der Waals surface area contributed by atoms with Crippen LogP contribution in [0.25, 0.3) is 11.1 Å². The molecule has 1 heterocycles. The summed E-state index contributed by atoms with van der Waals surface area (Å²) in [5.74, 6) is 0.913. The summed E-state index contributed by atoms with van der Waals surface area (Å²) in [5, 5.41) is 0. The summed E-state index contributed by atoms with van der Waals surface area (Å²) in [6.45, 7) is 2.57. The lowest BCUT2D eigenvalue weighted by Gasteiger charge is -1.99. The lowest BCUT2D eigenvalue weighted by molar-refractivity contribution is 0.489. The molecule has 2 aromatic rings. The van der Waals surface area contributed by atoms with Gasteiger partial charge in [-0.05, 0) is 12.1 Å². The molecule has 0 fully saturated rings. The molecule has 2 rings (SSSR count). The predicted molar refractivity (Wildman–Crippen MR) is 51.5 cm³/mol. The van der Waals surface area contributed by atoms with E-state index in [1.807, 2.05) is 31.2 Å². The molecule has 0 aliphatic carbocycles. The third kappa shape index (κ3) is 1.42. The number of hydrogen-bond acceptors (Lipinski definition) is 3. The fourth-order valence-electron chi connectivity index (χ4n) is 1.20. The molecule has 1 atom stereocenters. The molecule has 0 radical (unpaired) electrons. The standard InChI is InChI=1S/C10H12N2O/c1-7(6-11)10-12-8-4-2-3-5-9(8)13-10/h2-5,7H,6,11H2,1H3. The summed E-state index contributed by atoms with van der Waals surface area (Å²) in [4.78, 5) is 4.34. The maximum atomic E-state index is 5.53. The van der Waals surface area contributed by atoms with E-state index in [-0.39, 0.29) is 5.92 Å². The van der Waals surface area contributed by atoms with E-state index in [0.29, 0.717) is 6.54 Å². The molecule has 0 amide bonds. The highest BCUT2D eigenvalue weighted by molar-refractivity contribution is 5.72. The largest absolute Gasteiger partial charge is 0.440 e.